The Bertz CT molecular complexity index is 871. The first-order valence-electron chi connectivity index (χ1n) is 9.32. The monoisotopic (exact) mass is 362 g/mol. The van der Waals surface area contributed by atoms with Gasteiger partial charge in [-0.25, -0.2) is 0 Å². The highest BCUT2D eigenvalue weighted by molar-refractivity contribution is 6.09. The summed E-state index contributed by atoms with van der Waals surface area (Å²) in [5.41, 5.74) is 2.80. The second-order valence-electron chi connectivity index (χ2n) is 7.11. The number of piperidine rings is 1. The normalized spacial score (nSPS) is 19.1. The number of ether oxygens (including phenoxy) is 2. The van der Waals surface area contributed by atoms with Crippen LogP contribution in [-0.2, 0) is 16.0 Å². The van der Waals surface area contributed by atoms with Crippen molar-refractivity contribution in [2.45, 2.75) is 25.2 Å². The third-order valence-electron chi connectivity index (χ3n) is 5.28. The fourth-order valence-electron chi connectivity index (χ4n) is 3.80. The van der Waals surface area contributed by atoms with Gasteiger partial charge in [0.05, 0.1) is 24.8 Å². The Morgan fingerprint density at radius 1 is 1.04 bits per heavy atom. The maximum atomic E-state index is 12.8. The highest BCUT2D eigenvalue weighted by Crippen LogP contribution is 2.31. The maximum absolute atomic E-state index is 12.8. The number of ketones is 1. The molecule has 2 heterocycles. The van der Waals surface area contributed by atoms with Gasteiger partial charge in [-0.15, -0.1) is 0 Å². The zero-order valence-corrected chi connectivity index (χ0v) is 15.2. The van der Waals surface area contributed by atoms with E-state index in [0.29, 0.717) is 29.9 Å². The van der Waals surface area contributed by atoms with Crippen molar-refractivity contribution in [2.75, 3.05) is 26.3 Å². The van der Waals surface area contributed by atoms with Gasteiger partial charge in [-0.05, 0) is 23.8 Å². The molecule has 0 saturated carbocycles. The molecule has 2 saturated heterocycles. The van der Waals surface area contributed by atoms with E-state index in [1.807, 2.05) is 18.2 Å². The molecule has 0 unspecified atom stereocenters. The van der Waals surface area contributed by atoms with Crippen molar-refractivity contribution in [1.29, 1.82) is 5.26 Å². The third-order valence-corrected chi connectivity index (χ3v) is 5.28. The lowest BCUT2D eigenvalue weighted by Gasteiger charge is -2.37. The number of nitrogens with zero attached hydrogens (tertiary/aromatic N) is 2. The minimum Gasteiger partial charge on any atom is -0.347 e. The molecular weight excluding hydrogens is 340 g/mol. The van der Waals surface area contributed by atoms with Gasteiger partial charge in [0, 0.05) is 43.6 Å². The second-order valence-corrected chi connectivity index (χ2v) is 7.11. The van der Waals surface area contributed by atoms with Crippen molar-refractivity contribution in [2.24, 2.45) is 0 Å². The minimum absolute atomic E-state index is 0.0562. The summed E-state index contributed by atoms with van der Waals surface area (Å²) in [6.45, 7) is 4.02. The standard InChI is InChI=1S/C22H22N2O3/c23-15-17-3-1-5-19(13-17)21(25)20-6-2-4-18(14-20)16-24-9-7-22(8-10-24)26-11-12-27-22/h1-6,13-14H,7-12,16H2. The van der Waals surface area contributed by atoms with Crippen LogP contribution >= 0.6 is 0 Å². The summed E-state index contributed by atoms with van der Waals surface area (Å²) in [7, 11) is 0. The minimum atomic E-state index is -0.361. The Balaban J connectivity index is 1.43. The van der Waals surface area contributed by atoms with Crippen molar-refractivity contribution in [1.82, 2.24) is 4.90 Å². The first kappa shape index (κ1) is 17.9. The predicted octanol–water partition coefficient (Wildman–Crippen LogP) is 3.13. The van der Waals surface area contributed by atoms with Gasteiger partial charge in [-0.3, -0.25) is 9.69 Å². The SMILES string of the molecule is N#Cc1cccc(C(=O)c2cccc(CN3CCC4(CC3)OCCO4)c2)c1. The number of nitriles is 1. The van der Waals surface area contributed by atoms with E-state index in [1.54, 1.807) is 24.3 Å². The van der Waals surface area contributed by atoms with Crippen LogP contribution in [0.4, 0.5) is 0 Å². The molecule has 138 valence electrons. The van der Waals surface area contributed by atoms with Crippen LogP contribution in [0.2, 0.25) is 0 Å². The number of hydrogen-bond donors (Lipinski definition) is 0. The first-order chi connectivity index (χ1) is 13.2. The second kappa shape index (κ2) is 7.61. The lowest BCUT2D eigenvalue weighted by molar-refractivity contribution is -0.185. The molecule has 2 fully saturated rings. The van der Waals surface area contributed by atoms with Gasteiger partial charge in [0.25, 0.3) is 0 Å². The summed E-state index contributed by atoms with van der Waals surface area (Å²) in [5, 5.41) is 9.03. The van der Waals surface area contributed by atoms with Gasteiger partial charge in [0.1, 0.15) is 0 Å². The molecule has 0 N–H and O–H groups in total. The maximum Gasteiger partial charge on any atom is 0.193 e. The summed E-state index contributed by atoms with van der Waals surface area (Å²) in [6, 6.07) is 16.7. The van der Waals surface area contributed by atoms with E-state index in [2.05, 4.69) is 17.0 Å². The fourth-order valence-corrected chi connectivity index (χ4v) is 3.80. The largest absolute Gasteiger partial charge is 0.347 e. The average molecular weight is 362 g/mol. The van der Waals surface area contributed by atoms with Gasteiger partial charge in [-0.2, -0.15) is 5.26 Å². The number of carbonyl (C=O) groups excluding carboxylic acids is 1. The molecule has 0 radical (unpaired) electrons. The molecule has 0 atom stereocenters. The summed E-state index contributed by atoms with van der Waals surface area (Å²) < 4.78 is 11.6. The molecule has 2 aliphatic heterocycles. The Morgan fingerprint density at radius 3 is 2.41 bits per heavy atom. The number of rotatable bonds is 4. The number of likely N-dealkylation sites (tertiary alicyclic amines) is 1. The molecular formula is C22H22N2O3. The van der Waals surface area contributed by atoms with Crippen LogP contribution in [0.3, 0.4) is 0 Å². The lowest BCUT2D eigenvalue weighted by atomic mass is 9.99. The predicted molar refractivity (Wildman–Crippen MR) is 100 cm³/mol. The van der Waals surface area contributed by atoms with E-state index in [1.165, 1.54) is 0 Å². The van der Waals surface area contributed by atoms with Crippen LogP contribution in [-0.4, -0.2) is 42.8 Å². The highest BCUT2D eigenvalue weighted by atomic mass is 16.7. The molecule has 1 spiro atoms. The van der Waals surface area contributed by atoms with Crippen LogP contribution in [0.1, 0.15) is 39.9 Å². The number of benzene rings is 2. The quantitative estimate of drug-likeness (QED) is 0.782. The zero-order chi connectivity index (χ0) is 18.7. The highest BCUT2D eigenvalue weighted by Gasteiger charge is 2.39. The van der Waals surface area contributed by atoms with E-state index >= 15 is 0 Å². The van der Waals surface area contributed by atoms with Crippen LogP contribution in [0.25, 0.3) is 0 Å². The van der Waals surface area contributed by atoms with Gasteiger partial charge in [-0.1, -0.05) is 30.3 Å². The van der Waals surface area contributed by atoms with Gasteiger partial charge in [0.15, 0.2) is 11.6 Å². The zero-order valence-electron chi connectivity index (χ0n) is 15.2. The molecule has 2 aromatic rings. The summed E-state index contributed by atoms with van der Waals surface area (Å²) >= 11 is 0. The summed E-state index contributed by atoms with van der Waals surface area (Å²) in [4.78, 5) is 15.1. The van der Waals surface area contributed by atoms with Crippen molar-refractivity contribution in [3.8, 4) is 6.07 Å². The van der Waals surface area contributed by atoms with Crippen LogP contribution in [0.15, 0.2) is 48.5 Å². The van der Waals surface area contributed by atoms with Crippen LogP contribution in [0, 0.1) is 11.3 Å². The van der Waals surface area contributed by atoms with E-state index < -0.39 is 0 Å². The first-order valence-corrected chi connectivity index (χ1v) is 9.32. The molecule has 5 nitrogen and oxygen atoms in total. The Morgan fingerprint density at radius 2 is 1.70 bits per heavy atom. The smallest absolute Gasteiger partial charge is 0.193 e. The Labute approximate surface area is 159 Å². The number of carbonyl (C=O) groups is 1. The molecule has 4 rings (SSSR count). The molecule has 2 aliphatic rings. The van der Waals surface area contributed by atoms with E-state index in [0.717, 1.165) is 38.0 Å². The molecule has 0 amide bonds. The Hall–Kier alpha value is -2.52. The Kier molecular flexibility index (Phi) is 5.04. The molecule has 5 heteroatoms. The van der Waals surface area contributed by atoms with Crippen molar-refractivity contribution in [3.63, 3.8) is 0 Å². The van der Waals surface area contributed by atoms with E-state index in [4.69, 9.17) is 14.7 Å². The summed E-state index contributed by atoms with van der Waals surface area (Å²) in [5.74, 6) is -0.417. The van der Waals surface area contributed by atoms with Crippen LogP contribution in [0.5, 0.6) is 0 Å². The fraction of sp³-hybridized carbons (Fsp3) is 0.364. The molecule has 27 heavy (non-hydrogen) atoms. The third kappa shape index (κ3) is 3.93. The van der Waals surface area contributed by atoms with Crippen molar-refractivity contribution >= 4 is 5.78 Å². The van der Waals surface area contributed by atoms with Gasteiger partial charge in [0.2, 0.25) is 0 Å². The van der Waals surface area contributed by atoms with Gasteiger partial charge < -0.3 is 9.47 Å². The molecule has 2 aromatic carbocycles. The number of hydrogen-bond acceptors (Lipinski definition) is 5. The summed E-state index contributed by atoms with van der Waals surface area (Å²) in [6.07, 6.45) is 1.76. The lowest BCUT2D eigenvalue weighted by Crippen LogP contribution is -2.44. The van der Waals surface area contributed by atoms with Crippen molar-refractivity contribution in [3.05, 3.63) is 70.8 Å². The average Bonchev–Trinajstić information content (AvgIpc) is 3.18. The molecule has 0 bridgehead atoms. The topological polar surface area (TPSA) is 62.6 Å². The molecule has 0 aliphatic carbocycles. The van der Waals surface area contributed by atoms with Gasteiger partial charge >= 0.3 is 0 Å². The van der Waals surface area contributed by atoms with Crippen molar-refractivity contribution < 1.29 is 14.3 Å². The van der Waals surface area contributed by atoms with E-state index in [9.17, 15) is 4.79 Å². The molecule has 0 aromatic heterocycles. The van der Waals surface area contributed by atoms with E-state index in [-0.39, 0.29) is 11.6 Å². The van der Waals surface area contributed by atoms with Crippen LogP contribution < -0.4 is 0 Å².